The third-order valence-corrected chi connectivity index (χ3v) is 10.7. The molecule has 200 valence electrons. The summed E-state index contributed by atoms with van der Waals surface area (Å²) < 4.78 is 58.5. The summed E-state index contributed by atoms with van der Waals surface area (Å²) in [6.45, 7) is 5.98. The predicted octanol–water partition coefficient (Wildman–Crippen LogP) is 2.56. The van der Waals surface area contributed by atoms with Crippen molar-refractivity contribution in [1.29, 1.82) is 0 Å². The SMILES string of the molecule is CCCS(=O)(=O)N(CCOC)CC(=O)N(Cc1ccc(Cl)cc1)C1CCN(S(=O)(=O)C(C)C)CC1. The Balaban J connectivity index is 2.26. The van der Waals surface area contributed by atoms with Crippen LogP contribution in [-0.2, 0) is 36.1 Å². The fourth-order valence-corrected chi connectivity index (χ4v) is 6.93. The van der Waals surface area contributed by atoms with Gasteiger partial charge in [-0.2, -0.15) is 4.31 Å². The van der Waals surface area contributed by atoms with E-state index in [0.717, 1.165) is 5.56 Å². The van der Waals surface area contributed by atoms with Crippen molar-refractivity contribution >= 4 is 37.6 Å². The van der Waals surface area contributed by atoms with Gasteiger partial charge in [-0.25, -0.2) is 21.1 Å². The molecule has 0 aromatic heterocycles. The van der Waals surface area contributed by atoms with Crippen molar-refractivity contribution < 1.29 is 26.4 Å². The fourth-order valence-electron chi connectivity index (χ4n) is 4.05. The summed E-state index contributed by atoms with van der Waals surface area (Å²) in [4.78, 5) is 15.2. The quantitative estimate of drug-likeness (QED) is 0.373. The Morgan fingerprint density at radius 3 is 2.26 bits per heavy atom. The van der Waals surface area contributed by atoms with Crippen LogP contribution >= 0.6 is 11.6 Å². The summed E-state index contributed by atoms with van der Waals surface area (Å²) in [6.07, 6.45) is 1.40. The van der Waals surface area contributed by atoms with Gasteiger partial charge in [0.2, 0.25) is 26.0 Å². The van der Waals surface area contributed by atoms with E-state index < -0.39 is 25.3 Å². The first kappa shape index (κ1) is 30.0. The number of methoxy groups -OCH3 is 1. The van der Waals surface area contributed by atoms with Crippen LogP contribution in [0, 0.1) is 0 Å². The van der Waals surface area contributed by atoms with Crippen LogP contribution in [0.4, 0.5) is 0 Å². The summed E-state index contributed by atoms with van der Waals surface area (Å²) >= 11 is 6.01. The normalized spacial score (nSPS) is 16.2. The Labute approximate surface area is 215 Å². The van der Waals surface area contributed by atoms with Crippen LogP contribution in [0.25, 0.3) is 0 Å². The van der Waals surface area contributed by atoms with Gasteiger partial charge >= 0.3 is 0 Å². The van der Waals surface area contributed by atoms with Crippen LogP contribution in [0.3, 0.4) is 0 Å². The highest BCUT2D eigenvalue weighted by Gasteiger charge is 2.35. The van der Waals surface area contributed by atoms with E-state index in [1.807, 2.05) is 12.1 Å². The van der Waals surface area contributed by atoms with Crippen molar-refractivity contribution in [2.75, 3.05) is 45.6 Å². The van der Waals surface area contributed by atoms with Gasteiger partial charge in [0.05, 0.1) is 24.2 Å². The predicted molar refractivity (Wildman–Crippen MR) is 138 cm³/mol. The second kappa shape index (κ2) is 13.3. The lowest BCUT2D eigenvalue weighted by molar-refractivity contribution is -0.135. The van der Waals surface area contributed by atoms with E-state index in [-0.39, 0.29) is 43.9 Å². The molecular weight excluding hydrogens is 514 g/mol. The van der Waals surface area contributed by atoms with E-state index in [1.165, 1.54) is 15.7 Å². The molecule has 1 fully saturated rings. The smallest absolute Gasteiger partial charge is 0.238 e. The summed E-state index contributed by atoms with van der Waals surface area (Å²) in [5.74, 6) is -0.368. The molecule has 0 N–H and O–H groups in total. The van der Waals surface area contributed by atoms with Crippen molar-refractivity contribution in [3.05, 3.63) is 34.9 Å². The van der Waals surface area contributed by atoms with Crippen molar-refractivity contribution in [3.8, 4) is 0 Å². The lowest BCUT2D eigenvalue weighted by atomic mass is 10.0. The van der Waals surface area contributed by atoms with Gasteiger partial charge in [0.15, 0.2) is 0 Å². The Hall–Kier alpha value is -1.24. The molecular formula is C23H38ClN3O6S2. The van der Waals surface area contributed by atoms with Crippen molar-refractivity contribution in [3.63, 3.8) is 0 Å². The van der Waals surface area contributed by atoms with Gasteiger partial charge in [-0.15, -0.1) is 0 Å². The van der Waals surface area contributed by atoms with Crippen LogP contribution in [0.15, 0.2) is 24.3 Å². The number of amides is 1. The Bertz CT molecular complexity index is 1020. The Morgan fingerprint density at radius 1 is 1.14 bits per heavy atom. The van der Waals surface area contributed by atoms with Crippen LogP contribution in [0.1, 0.15) is 45.6 Å². The molecule has 1 heterocycles. The second-order valence-corrected chi connectivity index (χ2v) is 14.0. The molecule has 0 saturated carbocycles. The summed E-state index contributed by atoms with van der Waals surface area (Å²) in [5, 5.41) is 0.0687. The van der Waals surface area contributed by atoms with Crippen LogP contribution in [0.2, 0.25) is 5.02 Å². The molecule has 2 rings (SSSR count). The summed E-state index contributed by atoms with van der Waals surface area (Å²) in [7, 11) is -5.51. The molecule has 1 aromatic rings. The molecule has 0 aliphatic carbocycles. The van der Waals surface area contributed by atoms with Crippen molar-refractivity contribution in [2.24, 2.45) is 0 Å². The Morgan fingerprint density at radius 2 is 1.74 bits per heavy atom. The maximum absolute atomic E-state index is 13.5. The van der Waals surface area contributed by atoms with E-state index in [4.69, 9.17) is 16.3 Å². The molecule has 1 aromatic carbocycles. The highest BCUT2D eigenvalue weighted by atomic mass is 35.5. The van der Waals surface area contributed by atoms with Gasteiger partial charge in [-0.1, -0.05) is 30.7 Å². The minimum atomic E-state index is -3.62. The van der Waals surface area contributed by atoms with E-state index in [0.29, 0.717) is 37.4 Å². The Kier molecular flexibility index (Phi) is 11.4. The van der Waals surface area contributed by atoms with Gasteiger partial charge in [-0.3, -0.25) is 4.79 Å². The van der Waals surface area contributed by atoms with Gasteiger partial charge in [0.25, 0.3) is 0 Å². The number of piperidine rings is 1. The van der Waals surface area contributed by atoms with Gasteiger partial charge in [-0.05, 0) is 50.8 Å². The first-order chi connectivity index (χ1) is 16.4. The number of rotatable bonds is 13. The highest BCUT2D eigenvalue weighted by molar-refractivity contribution is 7.89. The minimum absolute atomic E-state index is 0.0490. The van der Waals surface area contributed by atoms with E-state index in [9.17, 15) is 21.6 Å². The van der Waals surface area contributed by atoms with Crippen LogP contribution < -0.4 is 0 Å². The van der Waals surface area contributed by atoms with E-state index >= 15 is 0 Å². The maximum Gasteiger partial charge on any atom is 0.238 e. The summed E-state index contributed by atoms with van der Waals surface area (Å²) in [5.41, 5.74) is 0.861. The summed E-state index contributed by atoms with van der Waals surface area (Å²) in [6, 6.07) is 6.94. The third-order valence-electron chi connectivity index (χ3n) is 6.12. The molecule has 0 spiro atoms. The van der Waals surface area contributed by atoms with Crippen molar-refractivity contribution in [2.45, 2.75) is 57.9 Å². The average molecular weight is 552 g/mol. The number of hydrogen-bond acceptors (Lipinski definition) is 6. The molecule has 1 aliphatic rings. The maximum atomic E-state index is 13.5. The molecule has 0 atom stereocenters. The lowest BCUT2D eigenvalue weighted by Gasteiger charge is -2.39. The molecule has 1 amide bonds. The number of sulfonamides is 2. The lowest BCUT2D eigenvalue weighted by Crippen LogP contribution is -2.52. The van der Waals surface area contributed by atoms with Gasteiger partial charge < -0.3 is 9.64 Å². The number of benzene rings is 1. The number of nitrogens with zero attached hydrogens (tertiary/aromatic N) is 3. The standard InChI is InChI=1S/C23H38ClN3O6S2/c1-5-16-34(29,30)26(14-15-33-4)18-23(28)27(17-20-6-8-21(24)9-7-20)22-10-12-25(13-11-22)35(31,32)19(2)3/h6-9,19,22H,5,10-18H2,1-4H3. The zero-order valence-electron chi connectivity index (χ0n) is 21.0. The first-order valence-corrected chi connectivity index (χ1v) is 15.4. The molecule has 35 heavy (non-hydrogen) atoms. The first-order valence-electron chi connectivity index (χ1n) is 11.9. The van der Waals surface area contributed by atoms with Crippen LogP contribution in [-0.4, -0.2) is 93.2 Å². The molecule has 0 bridgehead atoms. The van der Waals surface area contributed by atoms with E-state index in [1.54, 1.807) is 37.8 Å². The number of hydrogen-bond donors (Lipinski definition) is 0. The minimum Gasteiger partial charge on any atom is -0.383 e. The largest absolute Gasteiger partial charge is 0.383 e. The van der Waals surface area contributed by atoms with Gasteiger partial charge in [0, 0.05) is 44.4 Å². The monoisotopic (exact) mass is 551 g/mol. The fraction of sp³-hybridized carbons (Fsp3) is 0.696. The number of carbonyl (C=O) groups is 1. The zero-order valence-corrected chi connectivity index (χ0v) is 23.4. The third kappa shape index (κ3) is 8.40. The van der Waals surface area contributed by atoms with Crippen LogP contribution in [0.5, 0.6) is 0 Å². The number of carbonyl (C=O) groups excluding carboxylic acids is 1. The molecule has 9 nitrogen and oxygen atoms in total. The number of ether oxygens (including phenoxy) is 1. The van der Waals surface area contributed by atoms with Gasteiger partial charge in [0.1, 0.15) is 0 Å². The van der Waals surface area contributed by atoms with Crippen molar-refractivity contribution in [1.82, 2.24) is 13.5 Å². The highest BCUT2D eigenvalue weighted by Crippen LogP contribution is 2.24. The molecule has 0 radical (unpaired) electrons. The number of halogens is 1. The molecule has 1 aliphatic heterocycles. The molecule has 0 unspecified atom stereocenters. The average Bonchev–Trinajstić information content (AvgIpc) is 2.81. The zero-order chi connectivity index (χ0) is 26.2. The molecule has 1 saturated heterocycles. The second-order valence-electron chi connectivity index (χ2n) is 9.01. The molecule has 12 heteroatoms. The topological polar surface area (TPSA) is 104 Å². The van der Waals surface area contributed by atoms with E-state index in [2.05, 4.69) is 0 Å².